The lowest BCUT2D eigenvalue weighted by atomic mass is 9.58. The molecule has 8 heteroatoms. The van der Waals surface area contributed by atoms with Crippen LogP contribution in [0.4, 0.5) is 0 Å². The predicted molar refractivity (Wildman–Crippen MR) is 176 cm³/mol. The van der Waals surface area contributed by atoms with E-state index in [1.54, 1.807) is 0 Å². The molecule has 2 nitrogen and oxygen atoms in total. The van der Waals surface area contributed by atoms with E-state index in [1.165, 1.54) is 0 Å². The van der Waals surface area contributed by atoms with Gasteiger partial charge in [-0.15, -0.1) is 0 Å². The first-order valence-electron chi connectivity index (χ1n) is 13.5. The second-order valence-corrected chi connectivity index (χ2v) is 12.0. The van der Waals surface area contributed by atoms with Gasteiger partial charge in [-0.1, -0.05) is 133 Å². The van der Waals surface area contributed by atoms with Crippen molar-refractivity contribution >= 4 is 61.0 Å². The minimum atomic E-state index is -0.655. The van der Waals surface area contributed by atoms with Crippen molar-refractivity contribution in [3.05, 3.63) is 139 Å². The third-order valence-electron chi connectivity index (χ3n) is 7.44. The van der Waals surface area contributed by atoms with Crippen LogP contribution in [0.2, 0.25) is 45.4 Å². The van der Waals surface area contributed by atoms with Gasteiger partial charge in [0.2, 0.25) is 0 Å². The van der Waals surface area contributed by atoms with E-state index in [9.17, 15) is 0 Å². The summed E-state index contributed by atoms with van der Waals surface area (Å²) in [5, 5.41) is 2.76. The number of halogens is 4. The normalized spacial score (nSPS) is 11.8. The summed E-state index contributed by atoms with van der Waals surface area (Å²) >= 11 is 24.6. The second kappa shape index (κ2) is 14.3. The van der Waals surface area contributed by atoms with Crippen molar-refractivity contribution in [1.29, 1.82) is 0 Å². The minimum Gasteiger partial charge on any atom is -0.318 e. The number of hydrogen-bond acceptors (Lipinski definition) is 2. The molecular weight excluding hydrogens is 576 g/mol. The summed E-state index contributed by atoms with van der Waals surface area (Å²) in [5.74, 6) is 0. The zero-order valence-corrected chi connectivity index (χ0v) is 25.3. The maximum Gasteiger partial charge on any atom is 0.112 e. The Morgan fingerprint density at radius 1 is 0.425 bits per heavy atom. The molecule has 4 N–H and O–H groups in total. The maximum atomic E-state index is 7.03. The van der Waals surface area contributed by atoms with Crippen molar-refractivity contribution in [3.63, 3.8) is 0 Å². The van der Waals surface area contributed by atoms with Gasteiger partial charge >= 0.3 is 0 Å². The molecule has 4 rings (SSSR count). The molecule has 2 radical (unpaired) electrons. The van der Waals surface area contributed by atoms with Gasteiger partial charge in [-0.3, -0.25) is 0 Å². The Morgan fingerprint density at radius 2 is 0.650 bits per heavy atom. The van der Waals surface area contributed by atoms with Crippen LogP contribution in [0.5, 0.6) is 0 Å². The highest BCUT2D eigenvalue weighted by Gasteiger charge is 2.30. The van der Waals surface area contributed by atoms with Crippen LogP contribution in [0.1, 0.15) is 35.1 Å². The van der Waals surface area contributed by atoms with Crippen LogP contribution in [-0.2, 0) is 11.1 Å². The molecule has 0 fully saturated rings. The number of unbranched alkanes of at least 4 members (excludes halogenated alkanes) is 1. The Bertz CT molecular complexity index is 1150. The molecule has 0 saturated carbocycles. The number of hydrogen-bond donors (Lipinski definition) is 2. The van der Waals surface area contributed by atoms with Crippen molar-refractivity contribution in [2.45, 2.75) is 49.2 Å². The molecule has 4 aromatic carbocycles. The van der Waals surface area contributed by atoms with Crippen molar-refractivity contribution in [3.8, 4) is 0 Å². The van der Waals surface area contributed by atoms with Crippen LogP contribution < -0.4 is 11.5 Å². The van der Waals surface area contributed by atoms with E-state index < -0.39 is 11.1 Å². The summed E-state index contributed by atoms with van der Waals surface area (Å²) in [5.41, 5.74) is 16.8. The Labute approximate surface area is 259 Å². The van der Waals surface area contributed by atoms with E-state index in [4.69, 9.17) is 57.9 Å². The molecule has 0 aliphatic rings. The van der Waals surface area contributed by atoms with Gasteiger partial charge in [0.15, 0.2) is 0 Å². The van der Waals surface area contributed by atoms with Gasteiger partial charge in [-0.25, -0.2) is 0 Å². The van der Waals surface area contributed by atoms with Gasteiger partial charge in [0.05, 0.1) is 11.1 Å². The smallest absolute Gasteiger partial charge is 0.112 e. The van der Waals surface area contributed by atoms with Gasteiger partial charge in [-0.2, -0.15) is 0 Å². The fourth-order valence-electron chi connectivity index (χ4n) is 5.03. The van der Waals surface area contributed by atoms with Gasteiger partial charge in [0.1, 0.15) is 14.6 Å². The molecule has 0 aromatic heterocycles. The highest BCUT2D eigenvalue weighted by Crippen LogP contribution is 2.34. The lowest BCUT2D eigenvalue weighted by molar-refractivity contribution is 0.596. The van der Waals surface area contributed by atoms with Crippen molar-refractivity contribution in [1.82, 2.24) is 0 Å². The van der Waals surface area contributed by atoms with Crippen molar-refractivity contribution in [2.75, 3.05) is 0 Å². The molecular formula is C32H32B2Cl4N2. The summed E-state index contributed by atoms with van der Waals surface area (Å²) in [6.07, 6.45) is 5.48. The van der Waals surface area contributed by atoms with E-state index in [1.807, 2.05) is 97.1 Å². The SMILES string of the molecule is NC(C[B]CCCC[B]CC(N)(c1ccc(Cl)cc1)c1ccc(Cl)cc1)(c1ccc(Cl)cc1)c1ccc(Cl)cc1. The van der Waals surface area contributed by atoms with Crippen LogP contribution in [0.3, 0.4) is 0 Å². The first kappa shape index (κ1) is 31.0. The Hall–Kier alpha value is -1.91. The van der Waals surface area contributed by atoms with E-state index >= 15 is 0 Å². The Kier molecular flexibility index (Phi) is 11.1. The van der Waals surface area contributed by atoms with Crippen molar-refractivity contribution < 1.29 is 0 Å². The third-order valence-corrected chi connectivity index (χ3v) is 8.44. The summed E-state index contributed by atoms with van der Waals surface area (Å²) in [7, 11) is 4.58. The van der Waals surface area contributed by atoms with Gasteiger partial charge in [0, 0.05) is 20.1 Å². The van der Waals surface area contributed by atoms with E-state index in [-0.39, 0.29) is 0 Å². The average molecular weight is 608 g/mol. The minimum absolute atomic E-state index is 0.655. The number of benzene rings is 4. The lowest BCUT2D eigenvalue weighted by Crippen LogP contribution is -2.39. The lowest BCUT2D eigenvalue weighted by Gasteiger charge is -2.31. The third kappa shape index (κ3) is 7.88. The highest BCUT2D eigenvalue weighted by atomic mass is 35.5. The second-order valence-electron chi connectivity index (χ2n) is 10.2. The summed E-state index contributed by atoms with van der Waals surface area (Å²) in [6.45, 7) is 0. The van der Waals surface area contributed by atoms with E-state index in [0.717, 1.165) is 47.7 Å². The zero-order valence-electron chi connectivity index (χ0n) is 22.3. The molecule has 40 heavy (non-hydrogen) atoms. The fraction of sp³-hybridized carbons (Fsp3) is 0.250. The first-order chi connectivity index (χ1) is 19.2. The van der Waals surface area contributed by atoms with Crippen molar-refractivity contribution in [2.24, 2.45) is 11.5 Å². The van der Waals surface area contributed by atoms with Crippen LogP contribution >= 0.6 is 46.4 Å². The van der Waals surface area contributed by atoms with Crippen LogP contribution in [0, 0.1) is 0 Å². The topological polar surface area (TPSA) is 52.0 Å². The molecule has 0 aliphatic heterocycles. The highest BCUT2D eigenvalue weighted by molar-refractivity contribution is 6.37. The van der Waals surface area contributed by atoms with Gasteiger partial charge in [0.25, 0.3) is 0 Å². The summed E-state index contributed by atoms with van der Waals surface area (Å²) < 4.78 is 0. The molecule has 0 bridgehead atoms. The predicted octanol–water partition coefficient (Wildman–Crippen LogP) is 9.27. The molecule has 4 aromatic rings. The Balaban J connectivity index is 1.31. The maximum absolute atomic E-state index is 7.03. The molecule has 0 aliphatic carbocycles. The van der Waals surface area contributed by atoms with E-state index in [0.29, 0.717) is 32.7 Å². The monoisotopic (exact) mass is 606 g/mol. The number of rotatable bonds is 13. The largest absolute Gasteiger partial charge is 0.318 e. The van der Waals surface area contributed by atoms with E-state index in [2.05, 4.69) is 14.6 Å². The molecule has 0 heterocycles. The Morgan fingerprint density at radius 3 is 0.875 bits per heavy atom. The summed E-state index contributed by atoms with van der Waals surface area (Å²) in [6, 6.07) is 31.1. The van der Waals surface area contributed by atoms with Crippen LogP contribution in [-0.4, -0.2) is 14.6 Å². The van der Waals surface area contributed by atoms with Crippen LogP contribution in [0.25, 0.3) is 0 Å². The first-order valence-corrected chi connectivity index (χ1v) is 15.0. The molecule has 0 spiro atoms. The van der Waals surface area contributed by atoms with Gasteiger partial charge in [-0.05, 0) is 70.8 Å². The zero-order chi connectivity index (χ0) is 28.6. The summed E-state index contributed by atoms with van der Waals surface area (Å²) in [4.78, 5) is 0. The molecule has 0 amide bonds. The molecule has 204 valence electrons. The number of nitrogens with two attached hydrogens (primary N) is 2. The van der Waals surface area contributed by atoms with Crippen LogP contribution in [0.15, 0.2) is 97.1 Å². The molecule has 0 atom stereocenters. The van der Waals surface area contributed by atoms with Gasteiger partial charge < -0.3 is 11.5 Å². The average Bonchev–Trinajstić information content (AvgIpc) is 2.95. The molecule has 0 saturated heterocycles. The quantitative estimate of drug-likeness (QED) is 0.118. The fourth-order valence-corrected chi connectivity index (χ4v) is 5.53. The standard InChI is InChI=1S/C32H32B2Cl4N2/c35-27-11-3-23(4-12-27)31(39,24-5-13-28(36)14-6-24)21-33-19-1-2-20-34-22-32(40,25-7-15-29(37)16-8-25)26-9-17-30(38)18-10-26/h3-18H,1-2,19-22,39-40H2. The molecule has 0 unspecified atom stereocenters.